The predicted octanol–water partition coefficient (Wildman–Crippen LogP) is 0.488. The molecule has 98 valence electrons. The average molecular weight is 280 g/mol. The molecule has 0 aromatic rings. The normalized spacial score (nSPS) is 18.5. The Kier molecular flexibility index (Phi) is 6.69. The Hall–Kier alpha value is -0.460. The number of nitrogens with zero attached hydrogens (tertiary/aromatic N) is 1. The summed E-state index contributed by atoms with van der Waals surface area (Å²) < 4.78 is 0. The number of rotatable bonds is 4. The lowest BCUT2D eigenvalue weighted by molar-refractivity contribution is -0.119. The minimum atomic E-state index is -0.695. The zero-order valence-corrected chi connectivity index (χ0v) is 11.4. The molecule has 2 N–H and O–H groups in total. The number of carbonyl (C=O) groups is 2. The van der Waals surface area contributed by atoms with E-state index in [2.05, 4.69) is 15.5 Å². The summed E-state index contributed by atoms with van der Waals surface area (Å²) in [6, 6.07) is -0.478. The molecule has 7 heteroatoms. The minimum Gasteiger partial charge on any atom is -0.337 e. The van der Waals surface area contributed by atoms with Crippen molar-refractivity contribution in [2.24, 2.45) is 0 Å². The van der Waals surface area contributed by atoms with Crippen LogP contribution in [0.3, 0.4) is 0 Å². The van der Waals surface area contributed by atoms with Gasteiger partial charge in [0.15, 0.2) is 0 Å². The first-order valence-electron chi connectivity index (χ1n) is 5.62. The van der Waals surface area contributed by atoms with Crippen molar-refractivity contribution < 1.29 is 9.59 Å². The smallest absolute Gasteiger partial charge is 0.321 e. The topological polar surface area (TPSA) is 61.4 Å². The maximum absolute atomic E-state index is 11.3. The van der Waals surface area contributed by atoms with E-state index < -0.39 is 17.3 Å². The van der Waals surface area contributed by atoms with Crippen LogP contribution in [-0.4, -0.2) is 59.9 Å². The van der Waals surface area contributed by atoms with Crippen molar-refractivity contribution >= 4 is 35.3 Å². The van der Waals surface area contributed by atoms with Crippen molar-refractivity contribution in [1.29, 1.82) is 0 Å². The van der Waals surface area contributed by atoms with Gasteiger partial charge in [0, 0.05) is 37.7 Å². The highest BCUT2D eigenvalue weighted by Crippen LogP contribution is 2.07. The molecule has 0 radical (unpaired) electrons. The van der Waals surface area contributed by atoms with E-state index in [9.17, 15) is 9.59 Å². The summed E-state index contributed by atoms with van der Waals surface area (Å²) in [5.41, 5.74) is 0. The van der Waals surface area contributed by atoms with Crippen LogP contribution in [0.15, 0.2) is 0 Å². The van der Waals surface area contributed by atoms with Gasteiger partial charge in [0.2, 0.25) is 5.91 Å². The van der Waals surface area contributed by atoms with Crippen LogP contribution in [0.25, 0.3) is 0 Å². The molecule has 1 aliphatic heterocycles. The molecule has 17 heavy (non-hydrogen) atoms. The lowest BCUT2D eigenvalue weighted by atomic mass is 10.4. The number of hydrogen-bond donors (Lipinski definition) is 2. The molecule has 0 aromatic carbocycles. The second kappa shape index (κ2) is 7.79. The molecule has 0 bridgehead atoms. The summed E-state index contributed by atoms with van der Waals surface area (Å²) in [5.74, 6) is 1.82. The molecule has 1 rings (SSSR count). The average Bonchev–Trinajstić information content (AvgIpc) is 2.30. The summed E-state index contributed by atoms with van der Waals surface area (Å²) in [5, 5.41) is 4.12. The largest absolute Gasteiger partial charge is 0.337 e. The van der Waals surface area contributed by atoms with Crippen LogP contribution in [0, 0.1) is 0 Å². The Bertz CT molecular complexity index is 270. The van der Waals surface area contributed by atoms with E-state index in [1.807, 2.05) is 11.8 Å². The number of amides is 3. The molecule has 0 aromatic heterocycles. The van der Waals surface area contributed by atoms with Crippen molar-refractivity contribution in [3.05, 3.63) is 0 Å². The van der Waals surface area contributed by atoms with Gasteiger partial charge in [-0.05, 0) is 6.92 Å². The minimum absolute atomic E-state index is 0.474. The monoisotopic (exact) mass is 279 g/mol. The van der Waals surface area contributed by atoms with Crippen LogP contribution >= 0.6 is 23.4 Å². The molecule has 0 saturated carbocycles. The van der Waals surface area contributed by atoms with Gasteiger partial charge in [-0.1, -0.05) is 0 Å². The first kappa shape index (κ1) is 14.6. The number of thioether (sulfide) groups is 1. The van der Waals surface area contributed by atoms with E-state index in [4.69, 9.17) is 11.6 Å². The summed E-state index contributed by atoms with van der Waals surface area (Å²) >= 11 is 7.47. The summed E-state index contributed by atoms with van der Waals surface area (Å²) in [7, 11) is 0. The van der Waals surface area contributed by atoms with Crippen LogP contribution in [0.1, 0.15) is 6.92 Å². The number of halogens is 1. The Labute approximate surface area is 111 Å². The maximum atomic E-state index is 11.3. The SMILES string of the molecule is CC(Cl)C(=O)NC(=O)NCCN1CCSCC1. The third kappa shape index (κ3) is 6.14. The second-order valence-electron chi connectivity index (χ2n) is 3.82. The molecule has 1 unspecified atom stereocenters. The van der Waals surface area contributed by atoms with Crippen molar-refractivity contribution in [3.8, 4) is 0 Å². The lowest BCUT2D eigenvalue weighted by Gasteiger charge is -2.25. The number of alkyl halides is 1. The van der Waals surface area contributed by atoms with Gasteiger partial charge >= 0.3 is 6.03 Å². The number of hydrogen-bond acceptors (Lipinski definition) is 4. The molecular formula is C10H18ClN3O2S. The van der Waals surface area contributed by atoms with E-state index in [1.54, 1.807) is 0 Å². The van der Waals surface area contributed by atoms with Crippen LogP contribution in [0.2, 0.25) is 0 Å². The van der Waals surface area contributed by atoms with Gasteiger partial charge in [-0.2, -0.15) is 11.8 Å². The second-order valence-corrected chi connectivity index (χ2v) is 5.69. The zero-order chi connectivity index (χ0) is 12.7. The van der Waals surface area contributed by atoms with Crippen LogP contribution in [-0.2, 0) is 4.79 Å². The first-order chi connectivity index (χ1) is 8.09. The van der Waals surface area contributed by atoms with E-state index in [1.165, 1.54) is 6.92 Å². The quantitative estimate of drug-likeness (QED) is 0.736. The Morgan fingerprint density at radius 1 is 1.41 bits per heavy atom. The maximum Gasteiger partial charge on any atom is 0.321 e. The summed E-state index contributed by atoms with van der Waals surface area (Å²) in [6.45, 7) is 5.01. The van der Waals surface area contributed by atoms with Crippen molar-refractivity contribution in [2.45, 2.75) is 12.3 Å². The standard InChI is InChI=1S/C10H18ClN3O2S/c1-8(11)9(15)13-10(16)12-2-3-14-4-6-17-7-5-14/h8H,2-7H2,1H3,(H2,12,13,15,16). The van der Waals surface area contributed by atoms with Crippen molar-refractivity contribution in [1.82, 2.24) is 15.5 Å². The summed E-state index contributed by atoms with van der Waals surface area (Å²) in [4.78, 5) is 24.7. The molecule has 1 aliphatic rings. The van der Waals surface area contributed by atoms with E-state index in [0.29, 0.717) is 6.54 Å². The molecular weight excluding hydrogens is 262 g/mol. The fourth-order valence-electron chi connectivity index (χ4n) is 1.41. The molecule has 0 spiro atoms. The third-order valence-corrected chi connectivity index (χ3v) is 3.56. The van der Waals surface area contributed by atoms with Gasteiger partial charge in [0.1, 0.15) is 5.38 Å². The molecule has 1 atom stereocenters. The molecule has 1 saturated heterocycles. The number of nitrogens with one attached hydrogen (secondary N) is 2. The number of carbonyl (C=O) groups excluding carboxylic acids is 2. The van der Waals surface area contributed by atoms with E-state index >= 15 is 0 Å². The zero-order valence-electron chi connectivity index (χ0n) is 9.87. The van der Waals surface area contributed by atoms with Crippen LogP contribution in [0.4, 0.5) is 4.79 Å². The highest BCUT2D eigenvalue weighted by molar-refractivity contribution is 7.99. The molecule has 3 amide bonds. The molecule has 1 heterocycles. The summed E-state index contributed by atoms with van der Waals surface area (Å²) in [6.07, 6.45) is 0. The van der Waals surface area contributed by atoms with Gasteiger partial charge < -0.3 is 5.32 Å². The van der Waals surface area contributed by atoms with Crippen molar-refractivity contribution in [2.75, 3.05) is 37.7 Å². The fourth-order valence-corrected chi connectivity index (χ4v) is 2.44. The first-order valence-corrected chi connectivity index (χ1v) is 7.21. The number of urea groups is 1. The van der Waals surface area contributed by atoms with Crippen LogP contribution < -0.4 is 10.6 Å². The van der Waals surface area contributed by atoms with Crippen molar-refractivity contribution in [3.63, 3.8) is 0 Å². The fraction of sp³-hybridized carbons (Fsp3) is 0.800. The molecule has 0 aliphatic carbocycles. The Morgan fingerprint density at radius 3 is 2.65 bits per heavy atom. The van der Waals surface area contributed by atoms with Gasteiger partial charge in [-0.25, -0.2) is 4.79 Å². The molecule has 1 fully saturated rings. The Balaban J connectivity index is 2.09. The highest BCUT2D eigenvalue weighted by Gasteiger charge is 2.13. The third-order valence-electron chi connectivity index (χ3n) is 2.42. The van der Waals surface area contributed by atoms with Gasteiger partial charge in [0.25, 0.3) is 0 Å². The van der Waals surface area contributed by atoms with Gasteiger partial charge in [-0.15, -0.1) is 11.6 Å². The molecule has 5 nitrogen and oxygen atoms in total. The van der Waals surface area contributed by atoms with Gasteiger partial charge in [0.05, 0.1) is 0 Å². The lowest BCUT2D eigenvalue weighted by Crippen LogP contribution is -2.45. The number of imide groups is 1. The highest BCUT2D eigenvalue weighted by atomic mass is 35.5. The van der Waals surface area contributed by atoms with Crippen LogP contribution in [0.5, 0.6) is 0 Å². The van der Waals surface area contributed by atoms with E-state index in [0.717, 1.165) is 31.1 Å². The predicted molar refractivity (Wildman–Crippen MR) is 70.6 cm³/mol. The van der Waals surface area contributed by atoms with Gasteiger partial charge in [-0.3, -0.25) is 15.0 Å². The Morgan fingerprint density at radius 2 is 2.06 bits per heavy atom. The van der Waals surface area contributed by atoms with E-state index in [-0.39, 0.29) is 0 Å².